The quantitative estimate of drug-likeness (QED) is 0.493. The van der Waals surface area contributed by atoms with Crippen LogP contribution >= 0.6 is 0 Å². The van der Waals surface area contributed by atoms with E-state index in [-0.39, 0.29) is 11.9 Å². The minimum Gasteiger partial charge on any atom is -0.370 e. The minimum atomic E-state index is -0.291. The zero-order chi connectivity index (χ0) is 11.7. The molecule has 2 rings (SSSR count). The Morgan fingerprint density at radius 3 is 2.88 bits per heavy atom. The van der Waals surface area contributed by atoms with Crippen LogP contribution in [0.5, 0.6) is 0 Å². The van der Waals surface area contributed by atoms with Gasteiger partial charge in [0.15, 0.2) is 5.96 Å². The first-order chi connectivity index (χ1) is 7.61. The van der Waals surface area contributed by atoms with E-state index in [9.17, 15) is 4.79 Å². The van der Waals surface area contributed by atoms with E-state index in [0.29, 0.717) is 5.56 Å². The van der Waals surface area contributed by atoms with Crippen molar-refractivity contribution in [2.45, 2.75) is 0 Å². The summed E-state index contributed by atoms with van der Waals surface area (Å²) < 4.78 is 0. The first kappa shape index (κ1) is 10.2. The lowest BCUT2D eigenvalue weighted by Gasteiger charge is -2.14. The molecule has 82 valence electrons. The number of para-hydroxylation sites is 1. The van der Waals surface area contributed by atoms with Crippen LogP contribution in [0.2, 0.25) is 0 Å². The molecule has 0 unspecified atom stereocenters. The summed E-state index contributed by atoms with van der Waals surface area (Å²) >= 11 is 0. The van der Waals surface area contributed by atoms with Crippen LogP contribution in [0.15, 0.2) is 30.5 Å². The summed E-state index contributed by atoms with van der Waals surface area (Å²) in [6.07, 6.45) is 1.77. The second-order valence-electron chi connectivity index (χ2n) is 3.50. The van der Waals surface area contributed by atoms with Gasteiger partial charge in [0.1, 0.15) is 0 Å². The van der Waals surface area contributed by atoms with Gasteiger partial charge < -0.3 is 10.7 Å². The normalized spacial score (nSPS) is 10.3. The first-order valence-corrected chi connectivity index (χ1v) is 4.79. The number of benzene rings is 1. The van der Waals surface area contributed by atoms with Crippen LogP contribution in [-0.2, 0) is 0 Å². The van der Waals surface area contributed by atoms with Crippen molar-refractivity contribution in [3.05, 3.63) is 36.0 Å². The maximum absolute atomic E-state index is 12.0. The van der Waals surface area contributed by atoms with E-state index < -0.39 is 0 Å². The summed E-state index contributed by atoms with van der Waals surface area (Å²) in [6.45, 7) is 0. The van der Waals surface area contributed by atoms with Gasteiger partial charge in [0, 0.05) is 18.6 Å². The molecule has 0 aliphatic carbocycles. The molecule has 0 aliphatic heterocycles. The van der Waals surface area contributed by atoms with Crippen LogP contribution in [0.25, 0.3) is 10.9 Å². The highest BCUT2D eigenvalue weighted by Crippen LogP contribution is 2.17. The second-order valence-corrected chi connectivity index (χ2v) is 3.50. The number of aromatic nitrogens is 1. The topological polar surface area (TPSA) is 86.0 Å². The van der Waals surface area contributed by atoms with Gasteiger partial charge >= 0.3 is 0 Å². The summed E-state index contributed by atoms with van der Waals surface area (Å²) in [5, 5.41) is 8.18. The highest BCUT2D eigenvalue weighted by molar-refractivity contribution is 6.10. The maximum atomic E-state index is 12.0. The molecule has 5 nitrogen and oxygen atoms in total. The van der Waals surface area contributed by atoms with Crippen molar-refractivity contribution in [2.24, 2.45) is 5.73 Å². The molecule has 16 heavy (non-hydrogen) atoms. The number of fused-ring (bicyclic) bond motifs is 1. The largest absolute Gasteiger partial charge is 0.370 e. The number of rotatable bonds is 1. The third-order valence-corrected chi connectivity index (χ3v) is 2.48. The Morgan fingerprint density at radius 1 is 1.44 bits per heavy atom. The SMILES string of the molecule is CN(C(=N)N)C(=O)c1cccc2cc[nH]c12. The van der Waals surface area contributed by atoms with Gasteiger partial charge in [-0.3, -0.25) is 15.1 Å². The fourth-order valence-electron chi connectivity index (χ4n) is 1.55. The molecule has 0 radical (unpaired) electrons. The Balaban J connectivity index is 2.51. The van der Waals surface area contributed by atoms with Crippen molar-refractivity contribution in [3.8, 4) is 0 Å². The fourth-order valence-corrected chi connectivity index (χ4v) is 1.55. The predicted octanol–water partition coefficient (Wildman–Crippen LogP) is 1.13. The molecule has 5 heteroatoms. The lowest BCUT2D eigenvalue weighted by molar-refractivity contribution is 0.0870. The van der Waals surface area contributed by atoms with Crippen molar-refractivity contribution >= 4 is 22.8 Å². The van der Waals surface area contributed by atoms with E-state index in [1.807, 2.05) is 12.1 Å². The molecule has 1 aromatic carbocycles. The summed E-state index contributed by atoms with van der Waals surface area (Å²) in [6, 6.07) is 7.31. The van der Waals surface area contributed by atoms with Gasteiger partial charge in [-0.25, -0.2) is 0 Å². The molecule has 0 aliphatic rings. The fraction of sp³-hybridized carbons (Fsp3) is 0.0909. The number of nitrogens with zero attached hydrogens (tertiary/aromatic N) is 1. The van der Waals surface area contributed by atoms with Gasteiger partial charge in [-0.1, -0.05) is 12.1 Å². The number of nitrogens with one attached hydrogen (secondary N) is 2. The molecule has 0 saturated heterocycles. The Hall–Kier alpha value is -2.30. The number of aromatic amines is 1. The maximum Gasteiger partial charge on any atom is 0.262 e. The number of carbonyl (C=O) groups is 1. The van der Waals surface area contributed by atoms with Crippen LogP contribution in [0.1, 0.15) is 10.4 Å². The van der Waals surface area contributed by atoms with Gasteiger partial charge in [-0.2, -0.15) is 0 Å². The third-order valence-electron chi connectivity index (χ3n) is 2.48. The monoisotopic (exact) mass is 216 g/mol. The number of guanidine groups is 1. The predicted molar refractivity (Wildman–Crippen MR) is 62.3 cm³/mol. The molecule has 2 aromatic rings. The average Bonchev–Trinajstić information content (AvgIpc) is 2.74. The van der Waals surface area contributed by atoms with Crippen molar-refractivity contribution in [2.75, 3.05) is 7.05 Å². The molecular formula is C11H12N4O. The summed E-state index contributed by atoms with van der Waals surface area (Å²) in [5.41, 5.74) is 6.55. The lowest BCUT2D eigenvalue weighted by Crippen LogP contribution is -2.38. The molecule has 1 heterocycles. The summed E-state index contributed by atoms with van der Waals surface area (Å²) in [4.78, 5) is 16.1. The van der Waals surface area contributed by atoms with Crippen molar-refractivity contribution in [1.29, 1.82) is 5.41 Å². The number of nitrogens with two attached hydrogens (primary N) is 1. The van der Waals surface area contributed by atoms with Gasteiger partial charge in [-0.05, 0) is 12.1 Å². The van der Waals surface area contributed by atoms with Crippen LogP contribution in [-0.4, -0.2) is 28.8 Å². The van der Waals surface area contributed by atoms with E-state index >= 15 is 0 Å². The molecule has 0 atom stereocenters. The van der Waals surface area contributed by atoms with Crippen LogP contribution < -0.4 is 5.73 Å². The van der Waals surface area contributed by atoms with Crippen molar-refractivity contribution < 1.29 is 4.79 Å². The highest BCUT2D eigenvalue weighted by Gasteiger charge is 2.16. The molecule has 0 spiro atoms. The molecule has 1 aromatic heterocycles. The van der Waals surface area contributed by atoms with Crippen LogP contribution in [0, 0.1) is 5.41 Å². The molecule has 0 saturated carbocycles. The van der Waals surface area contributed by atoms with Crippen molar-refractivity contribution in [1.82, 2.24) is 9.88 Å². The van der Waals surface area contributed by atoms with E-state index in [0.717, 1.165) is 15.8 Å². The second kappa shape index (κ2) is 3.69. The summed E-state index contributed by atoms with van der Waals surface area (Å²) in [7, 11) is 1.48. The Labute approximate surface area is 92.4 Å². The molecule has 4 N–H and O–H groups in total. The zero-order valence-electron chi connectivity index (χ0n) is 8.82. The standard InChI is InChI=1S/C11H12N4O/c1-15(11(12)13)10(16)8-4-2-3-7-5-6-14-9(7)8/h2-6,14H,1H3,(H3,12,13). The van der Waals surface area contributed by atoms with Gasteiger partial charge in [0.05, 0.1) is 11.1 Å². The average molecular weight is 216 g/mol. The smallest absolute Gasteiger partial charge is 0.262 e. The Morgan fingerprint density at radius 2 is 2.19 bits per heavy atom. The first-order valence-electron chi connectivity index (χ1n) is 4.79. The lowest BCUT2D eigenvalue weighted by atomic mass is 10.1. The van der Waals surface area contributed by atoms with Gasteiger partial charge in [0.2, 0.25) is 0 Å². The van der Waals surface area contributed by atoms with E-state index in [1.54, 1.807) is 18.3 Å². The number of hydrogen-bond acceptors (Lipinski definition) is 2. The van der Waals surface area contributed by atoms with Gasteiger partial charge in [-0.15, -0.1) is 0 Å². The highest BCUT2D eigenvalue weighted by atomic mass is 16.2. The Kier molecular flexibility index (Phi) is 2.36. The number of hydrogen-bond donors (Lipinski definition) is 3. The van der Waals surface area contributed by atoms with E-state index in [4.69, 9.17) is 11.1 Å². The van der Waals surface area contributed by atoms with Crippen molar-refractivity contribution in [3.63, 3.8) is 0 Å². The molecule has 1 amide bonds. The number of H-pyrrole nitrogens is 1. The van der Waals surface area contributed by atoms with Crippen LogP contribution in [0.3, 0.4) is 0 Å². The van der Waals surface area contributed by atoms with E-state index in [1.165, 1.54) is 7.05 Å². The van der Waals surface area contributed by atoms with E-state index in [2.05, 4.69) is 4.98 Å². The zero-order valence-corrected chi connectivity index (χ0v) is 8.82. The minimum absolute atomic E-state index is 0.270. The molecule has 0 bridgehead atoms. The number of carbonyl (C=O) groups excluding carboxylic acids is 1. The third kappa shape index (κ3) is 1.52. The van der Waals surface area contributed by atoms with Crippen LogP contribution in [0.4, 0.5) is 0 Å². The number of amides is 1. The Bertz CT molecular complexity index is 558. The molecule has 0 fully saturated rings. The molecular weight excluding hydrogens is 204 g/mol. The summed E-state index contributed by atoms with van der Waals surface area (Å²) in [5.74, 6) is -0.561. The van der Waals surface area contributed by atoms with Gasteiger partial charge in [0.25, 0.3) is 5.91 Å².